The third-order valence-corrected chi connectivity index (χ3v) is 6.29. The van der Waals surface area contributed by atoms with E-state index in [4.69, 9.17) is 9.73 Å². The first-order valence-electron chi connectivity index (χ1n) is 10.2. The van der Waals surface area contributed by atoms with E-state index in [0.29, 0.717) is 5.92 Å². The van der Waals surface area contributed by atoms with Crippen LogP contribution in [0.3, 0.4) is 0 Å². The predicted molar refractivity (Wildman–Crippen MR) is 135 cm³/mol. The van der Waals surface area contributed by atoms with Crippen LogP contribution in [0.2, 0.25) is 0 Å². The number of thiophene rings is 1. The van der Waals surface area contributed by atoms with Crippen LogP contribution in [0, 0.1) is 5.92 Å². The van der Waals surface area contributed by atoms with Crippen LogP contribution in [0.25, 0.3) is 0 Å². The zero-order chi connectivity index (χ0) is 19.8. The van der Waals surface area contributed by atoms with Crippen molar-refractivity contribution in [2.75, 3.05) is 38.2 Å². The van der Waals surface area contributed by atoms with Crippen LogP contribution in [-0.2, 0) is 13.0 Å². The Morgan fingerprint density at radius 2 is 1.97 bits per heavy atom. The number of nitrogens with zero attached hydrogens (tertiary/aromatic N) is 2. The van der Waals surface area contributed by atoms with Gasteiger partial charge in [-0.05, 0) is 49.9 Å². The number of nitrogens with one attached hydrogen (secondary N) is 2. The molecule has 1 fully saturated rings. The number of hydrogen-bond acceptors (Lipinski definition) is 4. The molecule has 0 aliphatic carbocycles. The predicted octanol–water partition coefficient (Wildman–Crippen LogP) is 4.52. The van der Waals surface area contributed by atoms with Crippen molar-refractivity contribution < 1.29 is 4.74 Å². The molecule has 1 aromatic heterocycles. The van der Waals surface area contributed by atoms with E-state index in [1.54, 1.807) is 7.11 Å². The van der Waals surface area contributed by atoms with Crippen molar-refractivity contribution in [1.29, 1.82) is 0 Å². The SMILES string of the molecule is CCNC(=NCc1ccc(CC)s1)NCC1CCN(c2ccccc2OC)C1.I. The van der Waals surface area contributed by atoms with Crippen LogP contribution in [0.15, 0.2) is 41.4 Å². The second-order valence-electron chi connectivity index (χ2n) is 7.07. The van der Waals surface area contributed by atoms with Gasteiger partial charge in [0.15, 0.2) is 5.96 Å². The lowest BCUT2D eigenvalue weighted by atomic mass is 10.1. The van der Waals surface area contributed by atoms with Crippen molar-refractivity contribution in [2.24, 2.45) is 10.9 Å². The summed E-state index contributed by atoms with van der Waals surface area (Å²) < 4.78 is 5.52. The molecule has 0 radical (unpaired) electrons. The molecule has 2 aromatic rings. The Balaban J connectivity index is 0.00000300. The topological polar surface area (TPSA) is 48.9 Å². The molecule has 1 aliphatic rings. The fourth-order valence-electron chi connectivity index (χ4n) is 3.55. The number of anilines is 1. The van der Waals surface area contributed by atoms with Crippen molar-refractivity contribution >= 4 is 47.0 Å². The van der Waals surface area contributed by atoms with Crippen molar-refractivity contribution in [3.63, 3.8) is 0 Å². The van der Waals surface area contributed by atoms with Gasteiger partial charge >= 0.3 is 0 Å². The Hall–Kier alpha value is -1.48. The maximum Gasteiger partial charge on any atom is 0.191 e. The Morgan fingerprint density at radius 1 is 1.17 bits per heavy atom. The maximum atomic E-state index is 5.52. The maximum absolute atomic E-state index is 5.52. The van der Waals surface area contributed by atoms with Gasteiger partial charge in [-0.15, -0.1) is 35.3 Å². The molecule has 1 aliphatic heterocycles. The molecule has 2 heterocycles. The Bertz CT molecular complexity index is 780. The van der Waals surface area contributed by atoms with Gasteiger partial charge in [0.05, 0.1) is 19.3 Å². The number of hydrogen-bond donors (Lipinski definition) is 2. The lowest BCUT2D eigenvalue weighted by Crippen LogP contribution is -2.40. The lowest BCUT2D eigenvalue weighted by Gasteiger charge is -2.21. The average molecular weight is 529 g/mol. The molecular formula is C22H33IN4OS. The van der Waals surface area contributed by atoms with Crippen LogP contribution in [0.1, 0.15) is 30.0 Å². The highest BCUT2D eigenvalue weighted by Gasteiger charge is 2.24. The van der Waals surface area contributed by atoms with Crippen molar-refractivity contribution in [1.82, 2.24) is 10.6 Å². The van der Waals surface area contributed by atoms with Crippen LogP contribution < -0.4 is 20.3 Å². The van der Waals surface area contributed by atoms with E-state index >= 15 is 0 Å². The highest BCUT2D eigenvalue weighted by molar-refractivity contribution is 14.0. The molecule has 0 spiro atoms. The number of aryl methyl sites for hydroxylation is 1. The van der Waals surface area contributed by atoms with Gasteiger partial charge in [0, 0.05) is 35.9 Å². The molecule has 160 valence electrons. The van der Waals surface area contributed by atoms with Gasteiger partial charge in [-0.1, -0.05) is 19.1 Å². The third kappa shape index (κ3) is 6.77. The molecule has 1 atom stereocenters. The van der Waals surface area contributed by atoms with Gasteiger partial charge < -0.3 is 20.3 Å². The first-order valence-corrected chi connectivity index (χ1v) is 11.0. The fourth-order valence-corrected chi connectivity index (χ4v) is 4.43. The molecular weight excluding hydrogens is 495 g/mol. The van der Waals surface area contributed by atoms with E-state index in [2.05, 4.69) is 53.6 Å². The Morgan fingerprint density at radius 3 is 2.69 bits per heavy atom. The largest absolute Gasteiger partial charge is 0.495 e. The molecule has 2 N–H and O–H groups in total. The molecule has 3 rings (SSSR count). The van der Waals surface area contributed by atoms with E-state index in [0.717, 1.165) is 50.9 Å². The van der Waals surface area contributed by atoms with Crippen LogP contribution in [0.5, 0.6) is 5.75 Å². The molecule has 0 amide bonds. The molecule has 1 unspecified atom stereocenters. The highest BCUT2D eigenvalue weighted by atomic mass is 127. The fraction of sp³-hybridized carbons (Fsp3) is 0.500. The second-order valence-corrected chi connectivity index (χ2v) is 8.32. The number of ether oxygens (including phenoxy) is 1. The number of guanidine groups is 1. The monoisotopic (exact) mass is 528 g/mol. The first kappa shape index (κ1) is 23.8. The summed E-state index contributed by atoms with van der Waals surface area (Å²) in [5.74, 6) is 2.46. The summed E-state index contributed by atoms with van der Waals surface area (Å²) in [7, 11) is 1.74. The smallest absolute Gasteiger partial charge is 0.191 e. The number of methoxy groups -OCH3 is 1. The zero-order valence-electron chi connectivity index (χ0n) is 17.6. The summed E-state index contributed by atoms with van der Waals surface area (Å²) in [5, 5.41) is 6.91. The number of benzene rings is 1. The molecule has 1 saturated heterocycles. The Labute approximate surface area is 196 Å². The molecule has 5 nitrogen and oxygen atoms in total. The van der Waals surface area contributed by atoms with Gasteiger partial charge in [0.25, 0.3) is 0 Å². The van der Waals surface area contributed by atoms with Gasteiger partial charge in [-0.25, -0.2) is 4.99 Å². The average Bonchev–Trinajstić information content (AvgIpc) is 3.39. The molecule has 1 aromatic carbocycles. The van der Waals surface area contributed by atoms with Gasteiger partial charge in [0.2, 0.25) is 0 Å². The summed E-state index contributed by atoms with van der Waals surface area (Å²) >= 11 is 1.86. The summed E-state index contributed by atoms with van der Waals surface area (Å²) in [6, 6.07) is 12.7. The van der Waals surface area contributed by atoms with E-state index in [9.17, 15) is 0 Å². The zero-order valence-corrected chi connectivity index (χ0v) is 20.8. The summed E-state index contributed by atoms with van der Waals surface area (Å²) in [6.45, 7) is 8.94. The summed E-state index contributed by atoms with van der Waals surface area (Å²) in [6.07, 6.45) is 2.27. The van der Waals surface area contributed by atoms with E-state index in [1.165, 1.54) is 21.9 Å². The standard InChI is InChI=1S/C22H32N4OS.HI/c1-4-18-10-11-19(28-18)15-25-22(23-5-2)24-14-17-12-13-26(16-17)20-8-6-7-9-21(20)27-3;/h6-11,17H,4-5,12-16H2,1-3H3,(H2,23,24,25);1H. The number of halogens is 1. The molecule has 7 heteroatoms. The quantitative estimate of drug-likeness (QED) is 0.301. The minimum atomic E-state index is 0. The van der Waals surface area contributed by atoms with Crippen molar-refractivity contribution in [3.8, 4) is 5.75 Å². The van der Waals surface area contributed by atoms with Crippen LogP contribution in [0.4, 0.5) is 5.69 Å². The third-order valence-electron chi connectivity index (χ3n) is 5.07. The van der Waals surface area contributed by atoms with Crippen molar-refractivity contribution in [2.45, 2.75) is 33.2 Å². The van der Waals surface area contributed by atoms with E-state index in [1.807, 2.05) is 23.5 Å². The van der Waals surface area contributed by atoms with Crippen LogP contribution >= 0.6 is 35.3 Å². The number of aliphatic imine (C=N–C) groups is 1. The number of para-hydroxylation sites is 2. The van der Waals surface area contributed by atoms with Gasteiger partial charge in [-0.3, -0.25) is 0 Å². The van der Waals surface area contributed by atoms with Crippen LogP contribution in [-0.4, -0.2) is 39.2 Å². The molecule has 29 heavy (non-hydrogen) atoms. The van der Waals surface area contributed by atoms with Gasteiger partial charge in [-0.2, -0.15) is 0 Å². The minimum absolute atomic E-state index is 0. The molecule has 0 saturated carbocycles. The number of rotatable bonds is 8. The minimum Gasteiger partial charge on any atom is -0.495 e. The highest BCUT2D eigenvalue weighted by Crippen LogP contribution is 2.31. The second kappa shape index (κ2) is 12.3. The summed E-state index contributed by atoms with van der Waals surface area (Å²) in [4.78, 5) is 9.93. The summed E-state index contributed by atoms with van der Waals surface area (Å²) in [5.41, 5.74) is 1.19. The molecule has 0 bridgehead atoms. The van der Waals surface area contributed by atoms with Crippen molar-refractivity contribution in [3.05, 3.63) is 46.2 Å². The normalized spacial score (nSPS) is 16.4. The Kier molecular flexibility index (Phi) is 10.1. The first-order chi connectivity index (χ1) is 13.7. The van der Waals surface area contributed by atoms with E-state index < -0.39 is 0 Å². The van der Waals surface area contributed by atoms with E-state index in [-0.39, 0.29) is 24.0 Å². The lowest BCUT2D eigenvalue weighted by molar-refractivity contribution is 0.414. The van der Waals surface area contributed by atoms with Gasteiger partial charge in [0.1, 0.15) is 5.75 Å².